The van der Waals surface area contributed by atoms with Gasteiger partial charge in [0.05, 0.1) is 13.2 Å². The Morgan fingerprint density at radius 1 is 1.39 bits per heavy atom. The molecule has 4 rings (SSSR count). The Labute approximate surface area is 180 Å². The molecule has 0 N–H and O–H groups in total. The lowest BCUT2D eigenvalue weighted by Crippen LogP contribution is -2.53. The lowest BCUT2D eigenvalue weighted by molar-refractivity contribution is -0.325. The summed E-state index contributed by atoms with van der Waals surface area (Å²) in [6, 6.07) is 4.84. The summed E-state index contributed by atoms with van der Waals surface area (Å²) in [5.74, 6) is 0.245. The predicted octanol–water partition coefficient (Wildman–Crippen LogP) is 3.48. The van der Waals surface area contributed by atoms with Gasteiger partial charge in [0.2, 0.25) is 0 Å². The molecule has 1 aromatic heterocycles. The second-order valence-electron chi connectivity index (χ2n) is 7.27. The predicted molar refractivity (Wildman–Crippen MR) is 104 cm³/mol. The Kier molecular flexibility index (Phi) is 6.20. The maximum Gasteiger partial charge on any atom is 0.522 e. The maximum atomic E-state index is 13.0. The SMILES string of the molecule is Cc1cc(C(=O)N2CC[C@]3(c4nccs4)OCOC3C2)ccc1OCCOC(F)(F)F. The molecule has 2 fully saturated rings. The number of alkyl halides is 3. The van der Waals surface area contributed by atoms with E-state index in [9.17, 15) is 18.0 Å². The van der Waals surface area contributed by atoms with Crippen molar-refractivity contribution < 1.29 is 36.9 Å². The molecule has 0 radical (unpaired) electrons. The van der Waals surface area contributed by atoms with Crippen molar-refractivity contribution in [2.24, 2.45) is 0 Å². The Bertz CT molecular complexity index is 924. The average Bonchev–Trinajstić information content (AvgIpc) is 3.40. The normalized spacial score (nSPS) is 23.6. The van der Waals surface area contributed by atoms with Gasteiger partial charge in [-0.05, 0) is 30.7 Å². The van der Waals surface area contributed by atoms with Crippen molar-refractivity contribution in [2.45, 2.75) is 31.4 Å². The zero-order valence-electron chi connectivity index (χ0n) is 16.7. The minimum absolute atomic E-state index is 0.154. The number of likely N-dealkylation sites (tertiary alicyclic amines) is 1. The highest BCUT2D eigenvalue weighted by molar-refractivity contribution is 7.09. The van der Waals surface area contributed by atoms with Crippen LogP contribution in [0.15, 0.2) is 29.8 Å². The number of carbonyl (C=O) groups excluding carboxylic acids is 1. The molecular weight excluding hydrogens is 437 g/mol. The number of fused-ring (bicyclic) bond motifs is 1. The van der Waals surface area contributed by atoms with Gasteiger partial charge in [-0.1, -0.05) is 0 Å². The van der Waals surface area contributed by atoms with Crippen LogP contribution in [0.3, 0.4) is 0 Å². The van der Waals surface area contributed by atoms with Crippen LogP contribution in [0.2, 0.25) is 0 Å². The van der Waals surface area contributed by atoms with Crippen LogP contribution in [0.25, 0.3) is 0 Å². The molecule has 11 heteroatoms. The summed E-state index contributed by atoms with van der Waals surface area (Å²) in [7, 11) is 0. The Morgan fingerprint density at radius 2 is 2.23 bits per heavy atom. The molecule has 31 heavy (non-hydrogen) atoms. The van der Waals surface area contributed by atoms with Crippen LogP contribution in [0.5, 0.6) is 5.75 Å². The van der Waals surface area contributed by atoms with E-state index >= 15 is 0 Å². The number of rotatable bonds is 6. The molecule has 1 aromatic carbocycles. The number of nitrogens with zero attached hydrogens (tertiary/aromatic N) is 2. The van der Waals surface area contributed by atoms with E-state index in [4.69, 9.17) is 14.2 Å². The van der Waals surface area contributed by atoms with E-state index in [2.05, 4.69) is 9.72 Å². The molecule has 2 aliphatic rings. The highest BCUT2D eigenvalue weighted by Gasteiger charge is 2.52. The summed E-state index contributed by atoms with van der Waals surface area (Å²) in [5.41, 5.74) is 0.501. The number of benzene rings is 1. The summed E-state index contributed by atoms with van der Waals surface area (Å²) < 4.78 is 56.8. The first-order chi connectivity index (χ1) is 14.8. The lowest BCUT2D eigenvalue weighted by Gasteiger charge is -2.40. The molecule has 2 saturated heterocycles. The van der Waals surface area contributed by atoms with Crippen LogP contribution in [0.1, 0.15) is 27.3 Å². The van der Waals surface area contributed by atoms with Gasteiger partial charge in [-0.25, -0.2) is 4.98 Å². The van der Waals surface area contributed by atoms with Crippen LogP contribution in [0, 0.1) is 6.92 Å². The fraction of sp³-hybridized carbons (Fsp3) is 0.500. The Morgan fingerprint density at radius 3 is 2.94 bits per heavy atom. The fourth-order valence-electron chi connectivity index (χ4n) is 3.83. The van der Waals surface area contributed by atoms with Crippen molar-refractivity contribution in [3.63, 3.8) is 0 Å². The molecule has 2 aliphatic heterocycles. The second-order valence-corrected chi connectivity index (χ2v) is 8.16. The average molecular weight is 458 g/mol. The molecule has 1 amide bonds. The number of hydrogen-bond acceptors (Lipinski definition) is 7. The summed E-state index contributed by atoms with van der Waals surface area (Å²) in [4.78, 5) is 19.2. The van der Waals surface area contributed by atoms with Crippen molar-refractivity contribution in [1.82, 2.24) is 9.88 Å². The zero-order valence-corrected chi connectivity index (χ0v) is 17.5. The van der Waals surface area contributed by atoms with Crippen LogP contribution >= 0.6 is 11.3 Å². The van der Waals surface area contributed by atoms with Crippen LogP contribution < -0.4 is 4.74 Å². The third kappa shape index (κ3) is 4.69. The first-order valence-corrected chi connectivity index (χ1v) is 10.6. The van der Waals surface area contributed by atoms with E-state index in [1.54, 1.807) is 36.2 Å². The Hall–Kier alpha value is -2.21. The number of aromatic nitrogens is 1. The van der Waals surface area contributed by atoms with E-state index < -0.39 is 18.6 Å². The summed E-state index contributed by atoms with van der Waals surface area (Å²) in [6.07, 6.45) is -2.68. The minimum Gasteiger partial charge on any atom is -0.491 e. The molecule has 1 unspecified atom stereocenters. The van der Waals surface area contributed by atoms with Crippen LogP contribution in [-0.4, -0.2) is 61.4 Å². The molecule has 0 saturated carbocycles. The third-order valence-corrected chi connectivity index (χ3v) is 6.29. The van der Waals surface area contributed by atoms with Crippen molar-refractivity contribution >= 4 is 17.2 Å². The number of ether oxygens (including phenoxy) is 4. The molecule has 2 aromatic rings. The number of halogens is 3. The number of thiazole rings is 1. The monoisotopic (exact) mass is 458 g/mol. The van der Waals surface area contributed by atoms with E-state index in [-0.39, 0.29) is 25.4 Å². The maximum absolute atomic E-state index is 13.0. The number of piperidine rings is 1. The number of amides is 1. The number of carbonyl (C=O) groups is 1. The highest BCUT2D eigenvalue weighted by atomic mass is 32.1. The van der Waals surface area contributed by atoms with Gasteiger partial charge >= 0.3 is 6.36 Å². The Balaban J connectivity index is 1.38. The van der Waals surface area contributed by atoms with E-state index in [1.165, 1.54) is 11.3 Å². The molecule has 2 atom stereocenters. The standard InChI is InChI=1S/C20H21F3N2O5S/c1-13-10-14(2-3-15(13)27-7-8-29-20(21,22)23)17(26)25-6-4-19(18-24-5-9-31-18)16(11-25)28-12-30-19/h2-3,5,9-10,16H,4,6-8,11-12H2,1H3/t16?,19-/m0/s1. The lowest BCUT2D eigenvalue weighted by atomic mass is 9.88. The smallest absolute Gasteiger partial charge is 0.491 e. The van der Waals surface area contributed by atoms with Crippen molar-refractivity contribution in [2.75, 3.05) is 33.1 Å². The van der Waals surface area contributed by atoms with Crippen molar-refractivity contribution in [1.29, 1.82) is 0 Å². The van der Waals surface area contributed by atoms with Gasteiger partial charge in [-0.3, -0.25) is 9.53 Å². The molecule has 168 valence electrons. The van der Waals surface area contributed by atoms with Gasteiger partial charge in [-0.2, -0.15) is 0 Å². The van der Waals surface area contributed by atoms with Gasteiger partial charge < -0.3 is 19.1 Å². The number of aryl methyl sites for hydroxylation is 1. The van der Waals surface area contributed by atoms with Gasteiger partial charge in [-0.15, -0.1) is 24.5 Å². The fourth-order valence-corrected chi connectivity index (χ4v) is 4.70. The number of hydrogen-bond donors (Lipinski definition) is 0. The van der Waals surface area contributed by atoms with Gasteiger partial charge in [0.15, 0.2) is 5.60 Å². The first kappa shape index (κ1) is 22.0. The van der Waals surface area contributed by atoms with E-state index in [1.807, 2.05) is 5.38 Å². The van der Waals surface area contributed by atoms with E-state index in [0.29, 0.717) is 36.4 Å². The molecule has 7 nitrogen and oxygen atoms in total. The largest absolute Gasteiger partial charge is 0.522 e. The van der Waals surface area contributed by atoms with Gasteiger partial charge in [0, 0.05) is 30.1 Å². The third-order valence-electron chi connectivity index (χ3n) is 5.36. The molecule has 0 aliphatic carbocycles. The zero-order chi connectivity index (χ0) is 22.1. The second kappa shape index (κ2) is 8.73. The minimum atomic E-state index is -4.69. The van der Waals surface area contributed by atoms with E-state index in [0.717, 1.165) is 5.01 Å². The molecule has 0 bridgehead atoms. The molecular formula is C20H21F3N2O5S. The van der Waals surface area contributed by atoms with Crippen LogP contribution in [0.4, 0.5) is 13.2 Å². The van der Waals surface area contributed by atoms with Crippen molar-refractivity contribution in [3.8, 4) is 5.75 Å². The summed E-state index contributed by atoms with van der Waals surface area (Å²) >= 11 is 1.51. The highest BCUT2D eigenvalue weighted by Crippen LogP contribution is 2.43. The molecule has 0 spiro atoms. The summed E-state index contributed by atoms with van der Waals surface area (Å²) in [5, 5.41) is 2.75. The first-order valence-electron chi connectivity index (χ1n) is 9.67. The molecule has 3 heterocycles. The van der Waals surface area contributed by atoms with Crippen LogP contribution in [-0.2, 0) is 19.8 Å². The summed E-state index contributed by atoms with van der Waals surface area (Å²) in [6.45, 7) is 1.90. The van der Waals surface area contributed by atoms with Gasteiger partial charge in [0.1, 0.15) is 30.3 Å². The van der Waals surface area contributed by atoms with Crippen molar-refractivity contribution in [3.05, 3.63) is 45.9 Å². The van der Waals surface area contributed by atoms with Gasteiger partial charge in [0.25, 0.3) is 5.91 Å². The quantitative estimate of drug-likeness (QED) is 0.618. The topological polar surface area (TPSA) is 70.1 Å².